The zero-order chi connectivity index (χ0) is 15.9. The van der Waals surface area contributed by atoms with Gasteiger partial charge in [0.25, 0.3) is 0 Å². The van der Waals surface area contributed by atoms with Crippen LogP contribution in [0.3, 0.4) is 0 Å². The predicted molar refractivity (Wildman–Crippen MR) is 70.6 cm³/mol. The molecule has 0 aliphatic rings. The minimum absolute atomic E-state index is 0.337. The Morgan fingerprint density at radius 1 is 1.43 bits per heavy atom. The fraction of sp³-hybridized carbons (Fsp3) is 0.357. The largest absolute Gasteiger partial charge is 0.411 e. The fourth-order valence-corrected chi connectivity index (χ4v) is 1.45. The number of ether oxygens (including phenoxy) is 1. The van der Waals surface area contributed by atoms with E-state index in [4.69, 9.17) is 5.11 Å². The molecule has 0 atom stereocenters. The Bertz CT molecular complexity index is 559. The van der Waals surface area contributed by atoms with E-state index >= 15 is 0 Å². The van der Waals surface area contributed by atoms with Crippen LogP contribution >= 0.6 is 0 Å². The first-order chi connectivity index (χ1) is 9.81. The number of hydrogen-bond acceptors (Lipinski definition) is 3. The molecule has 0 aliphatic heterocycles. The second-order valence-electron chi connectivity index (χ2n) is 4.17. The van der Waals surface area contributed by atoms with E-state index in [-0.39, 0.29) is 6.61 Å². The molecule has 0 saturated heterocycles. The lowest BCUT2D eigenvalue weighted by molar-refractivity contribution is -0.174. The van der Waals surface area contributed by atoms with Gasteiger partial charge in [0.1, 0.15) is 19.8 Å². The summed E-state index contributed by atoms with van der Waals surface area (Å²) in [5, 5.41) is 11.1. The maximum Gasteiger partial charge on any atom is 0.411 e. The number of anilines is 1. The molecular weight excluding hydrogens is 287 g/mol. The van der Waals surface area contributed by atoms with E-state index in [0.29, 0.717) is 11.3 Å². The number of benzene rings is 1. The maximum absolute atomic E-state index is 11.9. The van der Waals surface area contributed by atoms with Crippen LogP contribution in [0.5, 0.6) is 0 Å². The van der Waals surface area contributed by atoms with Crippen LogP contribution in [-0.2, 0) is 9.53 Å². The summed E-state index contributed by atoms with van der Waals surface area (Å²) < 4.78 is 39.9. The van der Waals surface area contributed by atoms with Gasteiger partial charge >= 0.3 is 6.18 Å². The van der Waals surface area contributed by atoms with Crippen molar-refractivity contribution in [3.63, 3.8) is 0 Å². The molecule has 114 valence electrons. The van der Waals surface area contributed by atoms with Crippen LogP contribution in [0.25, 0.3) is 0 Å². The average Bonchev–Trinajstić information content (AvgIpc) is 2.36. The quantitative estimate of drug-likeness (QED) is 0.835. The Kier molecular flexibility index (Phi) is 6.21. The average molecular weight is 301 g/mol. The van der Waals surface area contributed by atoms with Crippen LogP contribution in [0.2, 0.25) is 0 Å². The molecule has 0 aromatic heterocycles. The zero-order valence-electron chi connectivity index (χ0n) is 11.3. The van der Waals surface area contributed by atoms with Crippen molar-refractivity contribution in [2.45, 2.75) is 13.1 Å². The first-order valence-corrected chi connectivity index (χ1v) is 5.96. The van der Waals surface area contributed by atoms with Gasteiger partial charge in [-0.1, -0.05) is 17.9 Å². The molecule has 0 unspecified atom stereocenters. The molecule has 0 heterocycles. The Morgan fingerprint density at radius 2 is 2.14 bits per heavy atom. The van der Waals surface area contributed by atoms with E-state index in [0.717, 1.165) is 5.56 Å². The summed E-state index contributed by atoms with van der Waals surface area (Å²) >= 11 is 0. The Balaban J connectivity index is 2.68. The van der Waals surface area contributed by atoms with E-state index < -0.39 is 25.3 Å². The molecule has 1 aromatic rings. The number of aryl methyl sites for hydroxylation is 1. The van der Waals surface area contributed by atoms with Crippen molar-refractivity contribution < 1.29 is 27.8 Å². The molecule has 7 heteroatoms. The summed E-state index contributed by atoms with van der Waals surface area (Å²) in [6.07, 6.45) is -4.47. The number of nitrogens with one attached hydrogen (secondary N) is 1. The Hall–Kier alpha value is -2.04. The van der Waals surface area contributed by atoms with Crippen molar-refractivity contribution in [1.82, 2.24) is 0 Å². The topological polar surface area (TPSA) is 58.6 Å². The molecule has 0 bridgehead atoms. The van der Waals surface area contributed by atoms with Crippen molar-refractivity contribution in [2.24, 2.45) is 0 Å². The van der Waals surface area contributed by atoms with Gasteiger partial charge in [0.2, 0.25) is 5.91 Å². The van der Waals surface area contributed by atoms with Crippen LogP contribution in [0.1, 0.15) is 11.1 Å². The molecule has 0 aliphatic carbocycles. The zero-order valence-corrected chi connectivity index (χ0v) is 11.3. The van der Waals surface area contributed by atoms with Crippen LogP contribution < -0.4 is 5.32 Å². The standard InChI is InChI=1S/C14H14F3NO3/c1-10-4-5-11(3-2-6-19)12(7-10)18-13(20)8-21-9-14(15,16)17/h4-5,7,19H,6,8-9H2,1H3,(H,18,20). The van der Waals surface area contributed by atoms with Gasteiger partial charge in [-0.3, -0.25) is 4.79 Å². The molecule has 0 spiro atoms. The summed E-state index contributed by atoms with van der Waals surface area (Å²) in [6.45, 7) is -0.735. The highest BCUT2D eigenvalue weighted by Gasteiger charge is 2.27. The minimum Gasteiger partial charge on any atom is -0.384 e. The number of carbonyl (C=O) groups excluding carboxylic acids is 1. The van der Waals surface area contributed by atoms with Gasteiger partial charge in [0.05, 0.1) is 5.69 Å². The maximum atomic E-state index is 11.9. The normalized spacial score (nSPS) is 10.7. The number of carbonyl (C=O) groups is 1. The van der Waals surface area contributed by atoms with Crippen LogP contribution in [0.4, 0.5) is 18.9 Å². The number of aliphatic hydroxyl groups is 1. The van der Waals surface area contributed by atoms with Crippen LogP contribution in [0.15, 0.2) is 18.2 Å². The first-order valence-electron chi connectivity index (χ1n) is 5.96. The van der Waals surface area contributed by atoms with Crippen molar-refractivity contribution in [2.75, 3.05) is 25.1 Å². The van der Waals surface area contributed by atoms with Gasteiger partial charge in [-0.05, 0) is 24.6 Å². The highest BCUT2D eigenvalue weighted by molar-refractivity contribution is 5.93. The summed E-state index contributed by atoms with van der Waals surface area (Å²) in [6, 6.07) is 5.03. The predicted octanol–water partition coefficient (Wildman–Crippen LogP) is 1.86. The summed E-state index contributed by atoms with van der Waals surface area (Å²) in [5.41, 5.74) is 1.66. The minimum atomic E-state index is -4.47. The highest BCUT2D eigenvalue weighted by atomic mass is 19.4. The van der Waals surface area contributed by atoms with Gasteiger partial charge in [-0.2, -0.15) is 13.2 Å². The summed E-state index contributed by atoms with van der Waals surface area (Å²) in [4.78, 5) is 11.5. The number of aliphatic hydroxyl groups excluding tert-OH is 1. The second kappa shape index (κ2) is 7.67. The van der Waals surface area contributed by atoms with Gasteiger partial charge < -0.3 is 15.2 Å². The number of amides is 1. The van der Waals surface area contributed by atoms with E-state index in [2.05, 4.69) is 21.9 Å². The van der Waals surface area contributed by atoms with Gasteiger partial charge in [0, 0.05) is 5.56 Å². The fourth-order valence-electron chi connectivity index (χ4n) is 1.45. The monoisotopic (exact) mass is 301 g/mol. The van der Waals surface area contributed by atoms with Crippen LogP contribution in [-0.4, -0.2) is 37.0 Å². The molecule has 2 N–H and O–H groups in total. The molecule has 0 saturated carbocycles. The lowest BCUT2D eigenvalue weighted by Gasteiger charge is -2.10. The third kappa shape index (κ3) is 6.79. The van der Waals surface area contributed by atoms with Crippen molar-refractivity contribution >= 4 is 11.6 Å². The highest BCUT2D eigenvalue weighted by Crippen LogP contribution is 2.17. The molecule has 1 amide bonds. The smallest absolute Gasteiger partial charge is 0.384 e. The third-order valence-corrected chi connectivity index (χ3v) is 2.25. The lowest BCUT2D eigenvalue weighted by Crippen LogP contribution is -2.24. The SMILES string of the molecule is Cc1ccc(C#CCO)c(NC(=O)COCC(F)(F)F)c1. The Morgan fingerprint density at radius 3 is 2.76 bits per heavy atom. The molecule has 1 rings (SSSR count). The number of rotatable bonds is 4. The van der Waals surface area contributed by atoms with E-state index in [1.165, 1.54) is 0 Å². The molecule has 0 fully saturated rings. The van der Waals surface area contributed by atoms with Gasteiger partial charge in [-0.25, -0.2) is 0 Å². The van der Waals surface area contributed by atoms with E-state index in [9.17, 15) is 18.0 Å². The summed E-state index contributed by atoms with van der Waals surface area (Å²) in [5.74, 6) is 4.36. The van der Waals surface area contributed by atoms with Crippen molar-refractivity contribution in [3.8, 4) is 11.8 Å². The molecule has 4 nitrogen and oxygen atoms in total. The van der Waals surface area contributed by atoms with Crippen molar-refractivity contribution in [3.05, 3.63) is 29.3 Å². The molecular formula is C14H14F3NO3. The third-order valence-electron chi connectivity index (χ3n) is 2.25. The first kappa shape index (κ1) is 17.0. The number of alkyl halides is 3. The molecule has 0 radical (unpaired) electrons. The van der Waals surface area contributed by atoms with Gasteiger partial charge in [-0.15, -0.1) is 0 Å². The lowest BCUT2D eigenvalue weighted by atomic mass is 10.1. The van der Waals surface area contributed by atoms with E-state index in [1.54, 1.807) is 25.1 Å². The number of halogens is 3. The van der Waals surface area contributed by atoms with Crippen LogP contribution in [0, 0.1) is 18.8 Å². The molecule has 21 heavy (non-hydrogen) atoms. The van der Waals surface area contributed by atoms with Crippen molar-refractivity contribution in [1.29, 1.82) is 0 Å². The molecule has 1 aromatic carbocycles. The summed E-state index contributed by atoms with van der Waals surface area (Å²) in [7, 11) is 0. The second-order valence-corrected chi connectivity index (χ2v) is 4.17. The Labute approximate surface area is 119 Å². The van der Waals surface area contributed by atoms with Gasteiger partial charge in [0.15, 0.2) is 0 Å². The number of hydrogen-bond donors (Lipinski definition) is 2. The van der Waals surface area contributed by atoms with E-state index in [1.807, 2.05) is 0 Å².